The summed E-state index contributed by atoms with van der Waals surface area (Å²) in [5.74, 6) is 1.00. The lowest BCUT2D eigenvalue weighted by Crippen LogP contribution is -2.38. The molecule has 0 amide bonds. The Labute approximate surface area is 140 Å². The maximum Gasteiger partial charge on any atom is 0.126 e. The number of methoxy groups -OCH3 is 1. The van der Waals surface area contributed by atoms with Gasteiger partial charge in [-0.3, -0.25) is 4.90 Å². The first-order valence-electron chi connectivity index (χ1n) is 8.14. The van der Waals surface area contributed by atoms with Crippen LogP contribution in [0.2, 0.25) is 0 Å². The molecule has 1 fully saturated rings. The molecular formula is C19H24NO2P. The number of ether oxygens (including phenoxy) is 2. The molecule has 1 aliphatic heterocycles. The molecule has 2 aromatic rings. The topological polar surface area (TPSA) is 21.7 Å². The Morgan fingerprint density at radius 3 is 2.43 bits per heavy atom. The van der Waals surface area contributed by atoms with E-state index in [0.717, 1.165) is 44.8 Å². The minimum Gasteiger partial charge on any atom is -0.496 e. The predicted molar refractivity (Wildman–Crippen MR) is 97.8 cm³/mol. The van der Waals surface area contributed by atoms with Gasteiger partial charge in [-0.2, -0.15) is 0 Å². The van der Waals surface area contributed by atoms with Crippen molar-refractivity contribution in [3.8, 4) is 5.75 Å². The van der Waals surface area contributed by atoms with Crippen LogP contribution in [0.15, 0.2) is 54.6 Å². The first-order chi connectivity index (χ1) is 11.4. The van der Waals surface area contributed by atoms with Crippen LogP contribution in [0.5, 0.6) is 5.75 Å². The molecule has 0 radical (unpaired) electrons. The Morgan fingerprint density at radius 1 is 1.00 bits per heavy atom. The summed E-state index contributed by atoms with van der Waals surface area (Å²) in [7, 11) is 1.35. The van der Waals surface area contributed by atoms with Crippen molar-refractivity contribution in [2.75, 3.05) is 46.1 Å². The van der Waals surface area contributed by atoms with E-state index in [0.29, 0.717) is 0 Å². The quantitative estimate of drug-likeness (QED) is 0.760. The molecule has 0 bridgehead atoms. The lowest BCUT2D eigenvalue weighted by Gasteiger charge is -2.29. The third kappa shape index (κ3) is 4.32. The molecule has 0 spiro atoms. The van der Waals surface area contributed by atoms with Crippen LogP contribution in [0.1, 0.15) is 0 Å². The van der Waals surface area contributed by atoms with E-state index in [9.17, 15) is 0 Å². The van der Waals surface area contributed by atoms with Crippen molar-refractivity contribution in [3.05, 3.63) is 54.6 Å². The molecule has 3 nitrogen and oxygen atoms in total. The van der Waals surface area contributed by atoms with E-state index in [1.807, 2.05) is 6.07 Å². The summed E-state index contributed by atoms with van der Waals surface area (Å²) in [5.41, 5.74) is 0. The van der Waals surface area contributed by atoms with Gasteiger partial charge in [0.05, 0.1) is 20.3 Å². The second kappa shape index (κ2) is 8.44. The summed E-state index contributed by atoms with van der Waals surface area (Å²) >= 11 is 0. The summed E-state index contributed by atoms with van der Waals surface area (Å²) < 4.78 is 11.1. The number of rotatable bonds is 6. The fraction of sp³-hybridized carbons (Fsp3) is 0.368. The molecule has 1 saturated heterocycles. The molecule has 1 heterocycles. The summed E-state index contributed by atoms with van der Waals surface area (Å²) in [6.45, 7) is 4.92. The summed E-state index contributed by atoms with van der Waals surface area (Å²) in [5, 5.41) is 2.75. The van der Waals surface area contributed by atoms with Gasteiger partial charge < -0.3 is 9.47 Å². The second-order valence-electron chi connectivity index (χ2n) is 5.61. The second-order valence-corrected chi connectivity index (χ2v) is 7.91. The van der Waals surface area contributed by atoms with Crippen molar-refractivity contribution < 1.29 is 9.47 Å². The molecule has 23 heavy (non-hydrogen) atoms. The van der Waals surface area contributed by atoms with Gasteiger partial charge in [0.2, 0.25) is 0 Å². The van der Waals surface area contributed by atoms with Gasteiger partial charge in [0, 0.05) is 24.9 Å². The van der Waals surface area contributed by atoms with Crippen molar-refractivity contribution in [3.63, 3.8) is 0 Å². The Morgan fingerprint density at radius 2 is 1.70 bits per heavy atom. The molecule has 1 atom stereocenters. The van der Waals surface area contributed by atoms with E-state index >= 15 is 0 Å². The number of hydrogen-bond donors (Lipinski definition) is 0. The zero-order valence-corrected chi connectivity index (χ0v) is 14.5. The van der Waals surface area contributed by atoms with Gasteiger partial charge in [-0.15, -0.1) is 0 Å². The Bertz CT molecular complexity index is 599. The van der Waals surface area contributed by atoms with Crippen molar-refractivity contribution in [2.24, 2.45) is 0 Å². The minimum atomic E-state index is -0.410. The molecule has 1 aliphatic rings. The molecule has 0 aliphatic carbocycles. The number of nitrogens with zero attached hydrogens (tertiary/aromatic N) is 1. The van der Waals surface area contributed by atoms with Crippen molar-refractivity contribution >= 4 is 18.5 Å². The maximum atomic E-state index is 5.62. The summed E-state index contributed by atoms with van der Waals surface area (Å²) in [4.78, 5) is 2.51. The Hall–Kier alpha value is -1.41. The largest absolute Gasteiger partial charge is 0.496 e. The fourth-order valence-electron chi connectivity index (χ4n) is 2.92. The van der Waals surface area contributed by atoms with Gasteiger partial charge in [0.1, 0.15) is 5.75 Å². The van der Waals surface area contributed by atoms with Gasteiger partial charge >= 0.3 is 0 Å². The van der Waals surface area contributed by atoms with Crippen LogP contribution in [0.4, 0.5) is 0 Å². The molecule has 0 aromatic heterocycles. The first-order valence-corrected chi connectivity index (χ1v) is 9.67. The summed E-state index contributed by atoms with van der Waals surface area (Å²) in [6, 6.07) is 19.3. The number of benzene rings is 2. The van der Waals surface area contributed by atoms with Crippen LogP contribution in [0, 0.1) is 0 Å². The highest BCUT2D eigenvalue weighted by Gasteiger charge is 2.19. The van der Waals surface area contributed by atoms with Gasteiger partial charge in [-0.05, 0) is 25.5 Å². The van der Waals surface area contributed by atoms with E-state index in [1.54, 1.807) is 7.11 Å². The molecule has 0 saturated carbocycles. The van der Waals surface area contributed by atoms with Crippen molar-refractivity contribution in [1.82, 2.24) is 4.90 Å². The number of hydrogen-bond acceptors (Lipinski definition) is 3. The number of para-hydroxylation sites is 1. The SMILES string of the molecule is COc1ccccc1P(CCN1CCOCC1)c1ccccc1. The third-order valence-corrected chi connectivity index (χ3v) is 6.71. The molecule has 1 unspecified atom stereocenters. The fourth-order valence-corrected chi connectivity index (χ4v) is 5.41. The van der Waals surface area contributed by atoms with Crippen molar-refractivity contribution in [1.29, 1.82) is 0 Å². The Kier molecular flexibility index (Phi) is 6.04. The molecular weight excluding hydrogens is 305 g/mol. The number of morpholine rings is 1. The van der Waals surface area contributed by atoms with Gasteiger partial charge in [0.15, 0.2) is 0 Å². The van der Waals surface area contributed by atoms with Crippen molar-refractivity contribution in [2.45, 2.75) is 0 Å². The monoisotopic (exact) mass is 329 g/mol. The van der Waals surface area contributed by atoms with Crippen LogP contribution in [-0.2, 0) is 4.74 Å². The highest BCUT2D eigenvalue weighted by molar-refractivity contribution is 7.73. The zero-order chi connectivity index (χ0) is 15.9. The lowest BCUT2D eigenvalue weighted by molar-refractivity contribution is 0.0409. The maximum absolute atomic E-state index is 5.62. The third-order valence-electron chi connectivity index (χ3n) is 4.19. The first kappa shape index (κ1) is 16.4. The average Bonchev–Trinajstić information content (AvgIpc) is 2.64. The van der Waals surface area contributed by atoms with Gasteiger partial charge in [-0.1, -0.05) is 48.5 Å². The average molecular weight is 329 g/mol. The van der Waals surface area contributed by atoms with Crippen LogP contribution < -0.4 is 15.3 Å². The molecule has 4 heteroatoms. The van der Waals surface area contributed by atoms with Crippen LogP contribution in [0.25, 0.3) is 0 Å². The molecule has 122 valence electrons. The standard InChI is InChI=1S/C19H24NO2P/c1-21-18-9-5-6-10-19(18)23(17-7-3-2-4-8-17)16-13-20-11-14-22-15-12-20/h2-10H,11-16H2,1H3. The Balaban J connectivity index is 1.81. The smallest absolute Gasteiger partial charge is 0.126 e. The van der Waals surface area contributed by atoms with Gasteiger partial charge in [0.25, 0.3) is 0 Å². The molecule has 0 N–H and O–H groups in total. The van der Waals surface area contributed by atoms with E-state index in [4.69, 9.17) is 9.47 Å². The van der Waals surface area contributed by atoms with E-state index in [-0.39, 0.29) is 0 Å². The molecule has 2 aromatic carbocycles. The van der Waals surface area contributed by atoms with E-state index < -0.39 is 7.92 Å². The normalized spacial score (nSPS) is 16.9. The lowest BCUT2D eigenvalue weighted by atomic mass is 10.3. The van der Waals surface area contributed by atoms with Crippen LogP contribution in [0.3, 0.4) is 0 Å². The molecule has 3 rings (SSSR count). The van der Waals surface area contributed by atoms with E-state index in [1.165, 1.54) is 10.6 Å². The van der Waals surface area contributed by atoms with E-state index in [2.05, 4.69) is 53.4 Å². The van der Waals surface area contributed by atoms with Crippen LogP contribution >= 0.6 is 7.92 Å². The van der Waals surface area contributed by atoms with Gasteiger partial charge in [-0.25, -0.2) is 0 Å². The highest BCUT2D eigenvalue weighted by atomic mass is 31.1. The predicted octanol–water partition coefficient (Wildman–Crippen LogP) is 2.46. The zero-order valence-electron chi connectivity index (χ0n) is 13.6. The summed E-state index contributed by atoms with van der Waals surface area (Å²) in [6.07, 6.45) is 1.15. The minimum absolute atomic E-state index is 0.410. The van der Waals surface area contributed by atoms with Crippen LogP contribution in [-0.4, -0.2) is 51.0 Å². The highest BCUT2D eigenvalue weighted by Crippen LogP contribution is 2.36.